The number of cyclic esters (lactones) is 1. The summed E-state index contributed by atoms with van der Waals surface area (Å²) in [5.74, 6) is -2.31. The fourth-order valence-corrected chi connectivity index (χ4v) is 9.27. The van der Waals surface area contributed by atoms with E-state index in [9.17, 15) is 25.2 Å². The molecule has 4 aliphatic rings. The van der Waals surface area contributed by atoms with Crippen molar-refractivity contribution in [2.45, 2.75) is 193 Å². The van der Waals surface area contributed by atoms with Crippen LogP contribution >= 0.6 is 0 Å². The Morgan fingerprint density at radius 3 is 2.13 bits per heavy atom. The first-order valence-corrected chi connectivity index (χ1v) is 19.5. The predicted octanol–water partition coefficient (Wildman–Crippen LogP) is 3.67. The molecule has 0 spiro atoms. The van der Waals surface area contributed by atoms with Crippen molar-refractivity contribution in [3.05, 3.63) is 11.3 Å². The van der Waals surface area contributed by atoms with Crippen LogP contribution in [0.1, 0.15) is 109 Å². The monoisotopic (exact) mass is 743 g/mol. The zero-order chi connectivity index (χ0) is 39.1. The second kappa shape index (κ2) is 16.8. The van der Waals surface area contributed by atoms with Crippen LogP contribution in [-0.2, 0) is 38.0 Å². The van der Waals surface area contributed by atoms with E-state index in [0.29, 0.717) is 18.6 Å². The Labute approximate surface area is 311 Å². The van der Waals surface area contributed by atoms with Crippen LogP contribution in [0.5, 0.6) is 0 Å². The normalized spacial score (nSPS) is 48.1. The molecule has 4 aliphatic heterocycles. The van der Waals surface area contributed by atoms with Gasteiger partial charge in [0.15, 0.2) is 12.6 Å². The van der Waals surface area contributed by atoms with Crippen LogP contribution in [0.25, 0.3) is 0 Å². The van der Waals surface area contributed by atoms with E-state index in [1.165, 1.54) is 14.0 Å². The molecule has 3 saturated heterocycles. The molecule has 13 heteroatoms. The molecule has 302 valence electrons. The fourth-order valence-electron chi connectivity index (χ4n) is 9.27. The van der Waals surface area contributed by atoms with Crippen LogP contribution in [0.4, 0.5) is 0 Å². The Kier molecular flexibility index (Phi) is 14.0. The molecule has 0 aliphatic carbocycles. The van der Waals surface area contributed by atoms with E-state index in [-0.39, 0.29) is 25.0 Å². The van der Waals surface area contributed by atoms with Crippen molar-refractivity contribution in [2.24, 2.45) is 17.8 Å². The molecule has 4 rings (SSSR count). The molecule has 0 aromatic heterocycles. The van der Waals surface area contributed by atoms with Crippen molar-refractivity contribution in [3.63, 3.8) is 0 Å². The number of hydrogen-bond donors (Lipinski definition) is 4. The van der Waals surface area contributed by atoms with E-state index in [4.69, 9.17) is 33.2 Å². The van der Waals surface area contributed by atoms with Gasteiger partial charge in [-0.15, -0.1) is 0 Å². The molecule has 13 nitrogen and oxygen atoms in total. The lowest BCUT2D eigenvalue weighted by Gasteiger charge is -2.49. The molecule has 0 amide bonds. The summed E-state index contributed by atoms with van der Waals surface area (Å²) in [5.41, 5.74) is -3.00. The highest BCUT2D eigenvalue weighted by molar-refractivity contribution is 5.73. The summed E-state index contributed by atoms with van der Waals surface area (Å²) in [6.07, 6.45) is -7.35. The summed E-state index contributed by atoms with van der Waals surface area (Å²) in [5, 5.41) is 46.2. The van der Waals surface area contributed by atoms with E-state index in [1.54, 1.807) is 34.6 Å². The highest BCUT2D eigenvalue weighted by atomic mass is 16.7. The standard InChI is InChI=1S/C39H69NO12/c1-14-27-39(12,45)32(42)22(6)30-20(4)18-38(11,52-30)34(51-36-29(41)26(17-21(5)47-36)40(15-2)16-3)23(7)31(24(8)35(44)49-27)50-28-19-37(10,46-13)33(43)25(9)48-28/h21-29,31-34,36,41-43,45H,14-19H2,1-13H3/t21-,22+,23+,24-,25+,26+,27-,28+,29-,31+,32-,33+,34-,36+,37-,38-,39-/m1/s1. The van der Waals surface area contributed by atoms with Crippen molar-refractivity contribution < 1.29 is 58.4 Å². The summed E-state index contributed by atoms with van der Waals surface area (Å²) in [6.45, 7) is 23.7. The molecule has 52 heavy (non-hydrogen) atoms. The van der Waals surface area contributed by atoms with Crippen LogP contribution in [0, 0.1) is 17.8 Å². The van der Waals surface area contributed by atoms with Gasteiger partial charge in [0.25, 0.3) is 0 Å². The lowest BCUT2D eigenvalue weighted by molar-refractivity contribution is -0.317. The molecule has 3 fully saturated rings. The number of likely N-dealkylation sites (N-methyl/N-ethyl adjacent to an activating group) is 1. The van der Waals surface area contributed by atoms with Gasteiger partial charge in [0.2, 0.25) is 0 Å². The average Bonchev–Trinajstić information content (AvgIpc) is 3.41. The number of rotatable bonds is 9. The smallest absolute Gasteiger partial charge is 0.311 e. The van der Waals surface area contributed by atoms with Crippen LogP contribution in [0.15, 0.2) is 11.3 Å². The lowest BCUT2D eigenvalue weighted by atomic mass is 9.78. The summed E-state index contributed by atoms with van der Waals surface area (Å²) >= 11 is 0. The Hall–Kier alpha value is -1.39. The maximum Gasteiger partial charge on any atom is 0.311 e. The summed E-state index contributed by atoms with van der Waals surface area (Å²) in [4.78, 5) is 16.4. The van der Waals surface area contributed by atoms with Gasteiger partial charge in [-0.3, -0.25) is 9.69 Å². The van der Waals surface area contributed by atoms with Gasteiger partial charge in [-0.05, 0) is 80.0 Å². The summed E-state index contributed by atoms with van der Waals surface area (Å²) < 4.78 is 45.0. The third kappa shape index (κ3) is 8.39. The largest absolute Gasteiger partial charge is 0.489 e. The van der Waals surface area contributed by atoms with Gasteiger partial charge in [-0.1, -0.05) is 34.6 Å². The topological polar surface area (TPSA) is 166 Å². The van der Waals surface area contributed by atoms with Gasteiger partial charge in [0.05, 0.1) is 35.9 Å². The number of hydrogen-bond acceptors (Lipinski definition) is 13. The second-order valence-electron chi connectivity index (χ2n) is 16.6. The van der Waals surface area contributed by atoms with Gasteiger partial charge in [-0.25, -0.2) is 0 Å². The molecule has 0 saturated carbocycles. The molecule has 17 atom stereocenters. The van der Waals surface area contributed by atoms with E-state index < -0.39 is 95.8 Å². The maximum absolute atomic E-state index is 14.2. The van der Waals surface area contributed by atoms with E-state index in [2.05, 4.69) is 18.7 Å². The minimum Gasteiger partial charge on any atom is -0.489 e. The van der Waals surface area contributed by atoms with Crippen molar-refractivity contribution in [1.29, 1.82) is 0 Å². The van der Waals surface area contributed by atoms with Crippen molar-refractivity contribution in [3.8, 4) is 0 Å². The van der Waals surface area contributed by atoms with Crippen LogP contribution in [0.3, 0.4) is 0 Å². The molecule has 0 unspecified atom stereocenters. The zero-order valence-corrected chi connectivity index (χ0v) is 33.8. The highest BCUT2D eigenvalue weighted by Gasteiger charge is 2.56. The first-order chi connectivity index (χ1) is 24.2. The van der Waals surface area contributed by atoms with Gasteiger partial charge in [-0.2, -0.15) is 0 Å². The molecular weight excluding hydrogens is 674 g/mol. The first-order valence-electron chi connectivity index (χ1n) is 19.5. The van der Waals surface area contributed by atoms with Gasteiger partial charge in [0, 0.05) is 37.8 Å². The summed E-state index contributed by atoms with van der Waals surface area (Å²) in [6, 6.07) is -0.207. The van der Waals surface area contributed by atoms with Crippen molar-refractivity contribution in [1.82, 2.24) is 4.90 Å². The third-order valence-corrected chi connectivity index (χ3v) is 12.6. The number of fused-ring (bicyclic) bond motifs is 2. The van der Waals surface area contributed by atoms with Crippen LogP contribution in [0.2, 0.25) is 0 Å². The van der Waals surface area contributed by atoms with Gasteiger partial charge in [0.1, 0.15) is 41.4 Å². The molecule has 4 N–H and O–H groups in total. The fraction of sp³-hybridized carbons (Fsp3) is 0.923. The van der Waals surface area contributed by atoms with E-state index >= 15 is 0 Å². The third-order valence-electron chi connectivity index (χ3n) is 12.6. The highest BCUT2D eigenvalue weighted by Crippen LogP contribution is 2.47. The number of methoxy groups -OCH3 is 1. The van der Waals surface area contributed by atoms with Crippen molar-refractivity contribution in [2.75, 3.05) is 20.2 Å². The molecule has 2 bridgehead atoms. The van der Waals surface area contributed by atoms with Crippen LogP contribution < -0.4 is 0 Å². The quantitative estimate of drug-likeness (QED) is 0.253. The van der Waals surface area contributed by atoms with E-state index in [1.807, 2.05) is 27.7 Å². The van der Waals surface area contributed by atoms with Crippen molar-refractivity contribution >= 4 is 5.97 Å². The Balaban J connectivity index is 1.84. The summed E-state index contributed by atoms with van der Waals surface area (Å²) in [7, 11) is 1.53. The molecule has 0 aromatic rings. The predicted molar refractivity (Wildman–Crippen MR) is 193 cm³/mol. The second-order valence-corrected chi connectivity index (χ2v) is 16.6. The van der Waals surface area contributed by atoms with Gasteiger partial charge >= 0.3 is 5.97 Å². The Bertz CT molecular complexity index is 1240. The zero-order valence-electron chi connectivity index (χ0n) is 33.8. The minimum atomic E-state index is -1.82. The SMILES string of the molecule is CC[C@H]1OC(=O)[C@H](C)[C@@H](O[C@H]2C[C@@](C)(OC)[C@@H](O)[C@H](C)O2)[C@H](C)[C@@H](O[C@@H]2O[C@H](C)C[C@H](N(CC)CC)[C@H]2O)[C@@]2(C)CC(C)=C(O2)[C@H](C)[C@@H](O)[C@]1(C)O. The van der Waals surface area contributed by atoms with Crippen LogP contribution in [-0.4, -0.2) is 136 Å². The Morgan fingerprint density at radius 2 is 1.56 bits per heavy atom. The average molecular weight is 744 g/mol. The Morgan fingerprint density at radius 1 is 0.923 bits per heavy atom. The number of aliphatic hydroxyl groups excluding tert-OH is 3. The van der Waals surface area contributed by atoms with E-state index in [0.717, 1.165) is 18.7 Å². The number of aliphatic hydroxyl groups is 4. The molecular formula is C39H69NO12. The molecule has 4 heterocycles. The van der Waals surface area contributed by atoms with Gasteiger partial charge < -0.3 is 53.6 Å². The number of nitrogens with zero attached hydrogens (tertiary/aromatic N) is 1. The number of ether oxygens (including phenoxy) is 7. The molecule has 0 radical (unpaired) electrons. The lowest BCUT2D eigenvalue weighted by Crippen LogP contribution is -2.60. The first kappa shape index (κ1) is 43.3. The number of carbonyl (C=O) groups is 1. The number of esters is 1. The minimum absolute atomic E-state index is 0.174. The number of carbonyl (C=O) groups excluding carboxylic acids is 1. The molecule has 0 aromatic carbocycles. The maximum atomic E-state index is 14.2.